The summed E-state index contributed by atoms with van der Waals surface area (Å²) in [4.78, 5) is 9.70. The molecule has 0 bridgehead atoms. The third-order valence-electron chi connectivity index (χ3n) is 3.09. The van der Waals surface area contributed by atoms with Gasteiger partial charge in [0.1, 0.15) is 12.4 Å². The third-order valence-corrected chi connectivity index (χ3v) is 3.09. The summed E-state index contributed by atoms with van der Waals surface area (Å²) < 4.78 is 5.29. The maximum Gasteiger partial charge on any atom is 0.147 e. The monoisotopic (exact) mass is 294 g/mol. The number of rotatable bonds is 5. The summed E-state index contributed by atoms with van der Waals surface area (Å²) in [5, 5.41) is 3.96. The third kappa shape index (κ3) is 3.86. The molecule has 2 rings (SSSR count). The van der Waals surface area contributed by atoms with Crippen LogP contribution in [0.2, 0.25) is 0 Å². The molecule has 0 saturated heterocycles. The first-order valence-electron chi connectivity index (χ1n) is 6.87. The zero-order valence-electron chi connectivity index (χ0n) is 13.0. The molecule has 4 nitrogen and oxygen atoms in total. The van der Waals surface area contributed by atoms with Crippen molar-refractivity contribution in [3.05, 3.63) is 58.4 Å². The Hall–Kier alpha value is -2.80. The van der Waals surface area contributed by atoms with Gasteiger partial charge in [0.25, 0.3) is 0 Å². The van der Waals surface area contributed by atoms with Crippen molar-refractivity contribution in [3.63, 3.8) is 0 Å². The van der Waals surface area contributed by atoms with E-state index in [0.717, 1.165) is 28.1 Å². The second-order valence-electron chi connectivity index (χ2n) is 4.85. The SMILES string of the molecule is C#Cc1cccc(OC)c1CON=Cc1cc(C)cc(C)n1. The molecule has 0 saturated carbocycles. The van der Waals surface area contributed by atoms with Crippen LogP contribution in [0.25, 0.3) is 0 Å². The van der Waals surface area contributed by atoms with Gasteiger partial charge >= 0.3 is 0 Å². The van der Waals surface area contributed by atoms with Gasteiger partial charge in [-0.15, -0.1) is 6.42 Å². The lowest BCUT2D eigenvalue weighted by Crippen LogP contribution is -1.98. The average molecular weight is 294 g/mol. The lowest BCUT2D eigenvalue weighted by Gasteiger charge is -2.09. The Morgan fingerprint density at radius 2 is 2.14 bits per heavy atom. The van der Waals surface area contributed by atoms with Crippen molar-refractivity contribution in [2.24, 2.45) is 5.16 Å². The summed E-state index contributed by atoms with van der Waals surface area (Å²) in [5.41, 5.74) is 4.38. The standard InChI is InChI=1S/C18H18N2O2/c1-5-15-7-6-8-18(21-4)17(15)12-22-19-11-16-10-13(2)9-14(3)20-16/h1,6-11H,12H2,2-4H3. The van der Waals surface area contributed by atoms with Crippen LogP contribution in [-0.4, -0.2) is 18.3 Å². The number of oxime groups is 1. The summed E-state index contributed by atoms with van der Waals surface area (Å²) >= 11 is 0. The molecule has 0 N–H and O–H groups in total. The molecule has 0 fully saturated rings. The largest absolute Gasteiger partial charge is 0.496 e. The van der Waals surface area contributed by atoms with Crippen LogP contribution in [0.4, 0.5) is 0 Å². The Labute approximate surface area is 130 Å². The summed E-state index contributed by atoms with van der Waals surface area (Å²) in [6, 6.07) is 9.48. The number of aryl methyl sites for hydroxylation is 2. The first-order valence-corrected chi connectivity index (χ1v) is 6.87. The predicted molar refractivity (Wildman–Crippen MR) is 87.0 cm³/mol. The molecular weight excluding hydrogens is 276 g/mol. The minimum Gasteiger partial charge on any atom is -0.496 e. The van der Waals surface area contributed by atoms with E-state index < -0.39 is 0 Å². The first-order chi connectivity index (χ1) is 10.6. The molecule has 0 radical (unpaired) electrons. The highest BCUT2D eigenvalue weighted by Crippen LogP contribution is 2.22. The molecule has 2 aromatic rings. The molecule has 0 spiro atoms. The molecule has 0 aliphatic rings. The number of pyridine rings is 1. The Kier molecular flexibility index (Phi) is 5.16. The first kappa shape index (κ1) is 15.6. The number of ether oxygens (including phenoxy) is 1. The Balaban J connectivity index is 2.08. The van der Waals surface area contributed by atoms with Crippen LogP contribution >= 0.6 is 0 Å². The van der Waals surface area contributed by atoms with E-state index in [0.29, 0.717) is 5.75 Å². The average Bonchev–Trinajstić information content (AvgIpc) is 2.50. The summed E-state index contributed by atoms with van der Waals surface area (Å²) in [6.45, 7) is 4.20. The van der Waals surface area contributed by atoms with E-state index in [1.807, 2.05) is 44.2 Å². The molecule has 1 aromatic heterocycles. The van der Waals surface area contributed by atoms with Crippen molar-refractivity contribution in [2.75, 3.05) is 7.11 Å². The maximum absolute atomic E-state index is 5.49. The fourth-order valence-corrected chi connectivity index (χ4v) is 2.17. The van der Waals surface area contributed by atoms with E-state index in [1.165, 1.54) is 0 Å². The molecular formula is C18H18N2O2. The van der Waals surface area contributed by atoms with E-state index in [4.69, 9.17) is 16.0 Å². The smallest absolute Gasteiger partial charge is 0.147 e. The minimum absolute atomic E-state index is 0.241. The molecule has 112 valence electrons. The van der Waals surface area contributed by atoms with Crippen molar-refractivity contribution in [2.45, 2.75) is 20.5 Å². The molecule has 1 heterocycles. The van der Waals surface area contributed by atoms with Gasteiger partial charge in [0.15, 0.2) is 0 Å². The van der Waals surface area contributed by atoms with Gasteiger partial charge in [-0.3, -0.25) is 4.98 Å². The van der Waals surface area contributed by atoms with E-state index in [1.54, 1.807) is 13.3 Å². The van der Waals surface area contributed by atoms with Crippen LogP contribution in [0.3, 0.4) is 0 Å². The Bertz CT molecular complexity index is 710. The van der Waals surface area contributed by atoms with Crippen molar-refractivity contribution < 1.29 is 9.57 Å². The normalized spacial score (nSPS) is 10.5. The number of methoxy groups -OCH3 is 1. The predicted octanol–water partition coefficient (Wildman–Crippen LogP) is 3.24. The van der Waals surface area contributed by atoms with Gasteiger partial charge in [-0.1, -0.05) is 17.1 Å². The van der Waals surface area contributed by atoms with Gasteiger partial charge in [0.2, 0.25) is 0 Å². The van der Waals surface area contributed by atoms with Gasteiger partial charge in [0, 0.05) is 16.8 Å². The van der Waals surface area contributed by atoms with Crippen molar-refractivity contribution in [1.29, 1.82) is 0 Å². The second-order valence-corrected chi connectivity index (χ2v) is 4.85. The molecule has 0 aliphatic carbocycles. The lowest BCUT2D eigenvalue weighted by atomic mass is 10.1. The van der Waals surface area contributed by atoms with Crippen molar-refractivity contribution in [3.8, 4) is 18.1 Å². The fraction of sp³-hybridized carbons (Fsp3) is 0.222. The number of nitrogens with zero attached hydrogens (tertiary/aromatic N) is 2. The van der Waals surface area contributed by atoms with E-state index in [9.17, 15) is 0 Å². The highest BCUT2D eigenvalue weighted by molar-refractivity contribution is 5.76. The van der Waals surface area contributed by atoms with Crippen LogP contribution in [-0.2, 0) is 11.4 Å². The molecule has 1 aromatic carbocycles. The highest BCUT2D eigenvalue weighted by Gasteiger charge is 2.07. The van der Waals surface area contributed by atoms with Crippen LogP contribution in [0.15, 0.2) is 35.5 Å². The summed E-state index contributed by atoms with van der Waals surface area (Å²) in [7, 11) is 1.60. The number of hydrogen-bond acceptors (Lipinski definition) is 4. The maximum atomic E-state index is 5.49. The zero-order valence-corrected chi connectivity index (χ0v) is 13.0. The van der Waals surface area contributed by atoms with Crippen molar-refractivity contribution >= 4 is 6.21 Å². The van der Waals surface area contributed by atoms with Gasteiger partial charge in [0.05, 0.1) is 19.0 Å². The fourth-order valence-electron chi connectivity index (χ4n) is 2.17. The van der Waals surface area contributed by atoms with E-state index in [2.05, 4.69) is 16.1 Å². The molecule has 22 heavy (non-hydrogen) atoms. The zero-order chi connectivity index (χ0) is 15.9. The van der Waals surface area contributed by atoms with Gasteiger partial charge in [-0.05, 0) is 43.7 Å². The number of terminal acetylenes is 1. The molecule has 0 unspecified atom stereocenters. The minimum atomic E-state index is 0.241. The van der Waals surface area contributed by atoms with E-state index in [-0.39, 0.29) is 6.61 Å². The number of aromatic nitrogens is 1. The quantitative estimate of drug-likeness (QED) is 0.483. The summed E-state index contributed by atoms with van der Waals surface area (Å²) in [6.07, 6.45) is 7.08. The van der Waals surface area contributed by atoms with Crippen molar-refractivity contribution in [1.82, 2.24) is 4.98 Å². The topological polar surface area (TPSA) is 43.7 Å². The van der Waals surface area contributed by atoms with Crippen LogP contribution < -0.4 is 4.74 Å². The number of benzene rings is 1. The second kappa shape index (κ2) is 7.28. The summed E-state index contributed by atoms with van der Waals surface area (Å²) in [5.74, 6) is 3.31. The highest BCUT2D eigenvalue weighted by atomic mass is 16.6. The van der Waals surface area contributed by atoms with Crippen LogP contribution in [0, 0.1) is 26.2 Å². The Morgan fingerprint density at radius 3 is 2.82 bits per heavy atom. The molecule has 0 atom stereocenters. The number of hydrogen-bond donors (Lipinski definition) is 0. The van der Waals surface area contributed by atoms with Gasteiger partial charge in [-0.2, -0.15) is 0 Å². The van der Waals surface area contributed by atoms with Gasteiger partial charge < -0.3 is 9.57 Å². The van der Waals surface area contributed by atoms with E-state index >= 15 is 0 Å². The van der Waals surface area contributed by atoms with Crippen LogP contribution in [0.1, 0.15) is 28.1 Å². The molecule has 0 aliphatic heterocycles. The van der Waals surface area contributed by atoms with Gasteiger partial charge in [-0.25, -0.2) is 0 Å². The molecule has 0 amide bonds. The van der Waals surface area contributed by atoms with Crippen LogP contribution in [0.5, 0.6) is 5.75 Å². The lowest BCUT2D eigenvalue weighted by molar-refractivity contribution is 0.129. The molecule has 4 heteroatoms. The Morgan fingerprint density at radius 1 is 1.32 bits per heavy atom.